The number of carbonyl (C=O) groups is 2. The van der Waals surface area contributed by atoms with Crippen molar-refractivity contribution in [2.24, 2.45) is 0 Å². The standard InChI is InChI=1S/C24H25NO6/c1-4-10-25-23(27)20-12-17-8-9-19(13-21(17)31-24(20)28)30-22(26)14-29-18-7-5-6-16(11-18)15(2)3/h5-9,11-13,15H,4,10,14H2,1-3H3,(H,25,27). The molecule has 2 aromatic carbocycles. The lowest BCUT2D eigenvalue weighted by Gasteiger charge is -2.10. The smallest absolute Gasteiger partial charge is 0.349 e. The number of nitrogens with one attached hydrogen (secondary N) is 1. The zero-order chi connectivity index (χ0) is 22.4. The molecule has 0 spiro atoms. The Labute approximate surface area is 180 Å². The third-order valence-electron chi connectivity index (χ3n) is 4.60. The van der Waals surface area contributed by atoms with Crippen molar-refractivity contribution >= 4 is 22.8 Å². The van der Waals surface area contributed by atoms with Crippen molar-refractivity contribution in [3.05, 3.63) is 70.1 Å². The highest BCUT2D eigenvalue weighted by Gasteiger charge is 2.14. The van der Waals surface area contributed by atoms with E-state index in [9.17, 15) is 14.4 Å². The molecule has 0 radical (unpaired) electrons. The Balaban J connectivity index is 1.67. The molecule has 162 valence electrons. The van der Waals surface area contributed by atoms with Crippen molar-refractivity contribution in [3.63, 3.8) is 0 Å². The highest BCUT2D eigenvalue weighted by atomic mass is 16.6. The predicted molar refractivity (Wildman–Crippen MR) is 117 cm³/mol. The minimum Gasteiger partial charge on any atom is -0.482 e. The van der Waals surface area contributed by atoms with E-state index in [-0.39, 0.29) is 23.5 Å². The highest BCUT2D eigenvalue weighted by molar-refractivity contribution is 5.96. The van der Waals surface area contributed by atoms with Crippen LogP contribution in [0.1, 0.15) is 49.0 Å². The SMILES string of the molecule is CCCNC(=O)c1cc2ccc(OC(=O)COc3cccc(C(C)C)c3)cc2oc1=O. The summed E-state index contributed by atoms with van der Waals surface area (Å²) in [6.07, 6.45) is 0.756. The average molecular weight is 423 g/mol. The van der Waals surface area contributed by atoms with Crippen LogP contribution in [0.15, 0.2) is 57.7 Å². The lowest BCUT2D eigenvalue weighted by molar-refractivity contribution is -0.136. The number of benzene rings is 2. The summed E-state index contributed by atoms with van der Waals surface area (Å²) >= 11 is 0. The molecular formula is C24H25NO6. The largest absolute Gasteiger partial charge is 0.482 e. The number of hydrogen-bond donors (Lipinski definition) is 1. The van der Waals surface area contributed by atoms with Gasteiger partial charge in [0.2, 0.25) is 0 Å². The van der Waals surface area contributed by atoms with Crippen LogP contribution in [0.2, 0.25) is 0 Å². The molecule has 1 N–H and O–H groups in total. The molecular weight excluding hydrogens is 398 g/mol. The van der Waals surface area contributed by atoms with Gasteiger partial charge in [0.15, 0.2) is 6.61 Å². The van der Waals surface area contributed by atoms with Crippen LogP contribution in [0, 0.1) is 0 Å². The van der Waals surface area contributed by atoms with Gasteiger partial charge >= 0.3 is 11.6 Å². The summed E-state index contributed by atoms with van der Waals surface area (Å²) in [4.78, 5) is 36.4. The molecule has 0 saturated carbocycles. The second kappa shape index (κ2) is 9.93. The van der Waals surface area contributed by atoms with E-state index < -0.39 is 17.5 Å². The van der Waals surface area contributed by atoms with Gasteiger partial charge in [0.05, 0.1) is 0 Å². The minimum atomic E-state index is -0.752. The van der Waals surface area contributed by atoms with E-state index in [4.69, 9.17) is 13.9 Å². The van der Waals surface area contributed by atoms with Crippen molar-refractivity contribution in [1.82, 2.24) is 5.32 Å². The Kier molecular flexibility index (Phi) is 7.07. The molecule has 3 aromatic rings. The Hall–Kier alpha value is -3.61. The Morgan fingerprint density at radius 3 is 2.61 bits per heavy atom. The predicted octanol–water partition coefficient (Wildman–Crippen LogP) is 4.04. The normalized spacial score (nSPS) is 10.8. The molecule has 0 saturated heterocycles. The zero-order valence-electron chi connectivity index (χ0n) is 17.8. The Morgan fingerprint density at radius 1 is 1.06 bits per heavy atom. The lowest BCUT2D eigenvalue weighted by Crippen LogP contribution is -2.28. The van der Waals surface area contributed by atoms with Crippen LogP contribution in [0.5, 0.6) is 11.5 Å². The number of ether oxygens (including phenoxy) is 2. The van der Waals surface area contributed by atoms with Gasteiger partial charge < -0.3 is 19.2 Å². The first-order chi connectivity index (χ1) is 14.9. The van der Waals surface area contributed by atoms with E-state index in [1.54, 1.807) is 18.2 Å². The minimum absolute atomic E-state index is 0.0669. The third kappa shape index (κ3) is 5.72. The van der Waals surface area contributed by atoms with Crippen LogP contribution in [-0.4, -0.2) is 25.0 Å². The molecule has 1 heterocycles. The van der Waals surface area contributed by atoms with Crippen LogP contribution in [0.3, 0.4) is 0 Å². The molecule has 0 aliphatic rings. The van der Waals surface area contributed by atoms with Crippen LogP contribution in [0.4, 0.5) is 0 Å². The van der Waals surface area contributed by atoms with Gasteiger partial charge in [0, 0.05) is 18.0 Å². The lowest BCUT2D eigenvalue weighted by atomic mass is 10.0. The molecule has 7 heteroatoms. The van der Waals surface area contributed by atoms with Gasteiger partial charge in [-0.05, 0) is 48.2 Å². The molecule has 0 unspecified atom stereocenters. The Bertz CT molecular complexity index is 1150. The number of hydrogen-bond acceptors (Lipinski definition) is 6. The van der Waals surface area contributed by atoms with E-state index in [0.717, 1.165) is 12.0 Å². The van der Waals surface area contributed by atoms with Crippen LogP contribution in [0.25, 0.3) is 11.0 Å². The van der Waals surface area contributed by atoms with Gasteiger partial charge in [-0.1, -0.05) is 32.9 Å². The van der Waals surface area contributed by atoms with E-state index in [0.29, 0.717) is 23.6 Å². The summed E-state index contributed by atoms with van der Waals surface area (Å²) in [5.74, 6) is 0.0739. The van der Waals surface area contributed by atoms with Crippen molar-refractivity contribution in [3.8, 4) is 11.5 Å². The summed E-state index contributed by atoms with van der Waals surface area (Å²) < 4.78 is 16.0. The first-order valence-corrected chi connectivity index (χ1v) is 10.2. The quantitative estimate of drug-likeness (QED) is 0.334. The first-order valence-electron chi connectivity index (χ1n) is 10.2. The molecule has 0 bridgehead atoms. The van der Waals surface area contributed by atoms with Gasteiger partial charge in [-0.2, -0.15) is 0 Å². The van der Waals surface area contributed by atoms with Crippen molar-refractivity contribution in [1.29, 1.82) is 0 Å². The summed E-state index contributed by atoms with van der Waals surface area (Å²) in [5, 5.41) is 3.19. The van der Waals surface area contributed by atoms with Gasteiger partial charge in [0.25, 0.3) is 5.91 Å². The molecule has 3 rings (SSSR count). The molecule has 0 fully saturated rings. The van der Waals surface area contributed by atoms with E-state index in [2.05, 4.69) is 19.2 Å². The average Bonchev–Trinajstić information content (AvgIpc) is 2.75. The number of carbonyl (C=O) groups excluding carboxylic acids is 2. The molecule has 31 heavy (non-hydrogen) atoms. The molecule has 0 aliphatic heterocycles. The monoisotopic (exact) mass is 423 g/mol. The first kappa shape index (κ1) is 22.1. The van der Waals surface area contributed by atoms with Gasteiger partial charge in [-0.3, -0.25) is 4.79 Å². The van der Waals surface area contributed by atoms with E-state index in [1.165, 1.54) is 12.1 Å². The van der Waals surface area contributed by atoms with Crippen LogP contribution >= 0.6 is 0 Å². The topological polar surface area (TPSA) is 94.8 Å². The van der Waals surface area contributed by atoms with Crippen molar-refractivity contribution in [2.75, 3.05) is 13.2 Å². The molecule has 0 aliphatic carbocycles. The summed E-state index contributed by atoms with van der Waals surface area (Å²) in [7, 11) is 0. The zero-order valence-corrected chi connectivity index (χ0v) is 17.8. The summed E-state index contributed by atoms with van der Waals surface area (Å²) in [5.41, 5.74) is 0.506. The number of esters is 1. The van der Waals surface area contributed by atoms with Gasteiger partial charge in [0.1, 0.15) is 22.6 Å². The summed E-state index contributed by atoms with van der Waals surface area (Å²) in [6.45, 7) is 6.27. The fraction of sp³-hybridized carbons (Fsp3) is 0.292. The van der Waals surface area contributed by atoms with E-state index in [1.807, 2.05) is 25.1 Å². The van der Waals surface area contributed by atoms with Gasteiger partial charge in [-0.25, -0.2) is 9.59 Å². The van der Waals surface area contributed by atoms with Crippen molar-refractivity contribution < 1.29 is 23.5 Å². The Morgan fingerprint density at radius 2 is 1.87 bits per heavy atom. The van der Waals surface area contributed by atoms with E-state index >= 15 is 0 Å². The number of amides is 1. The number of rotatable bonds is 8. The maximum absolute atomic E-state index is 12.2. The van der Waals surface area contributed by atoms with Crippen LogP contribution in [-0.2, 0) is 4.79 Å². The molecule has 1 amide bonds. The maximum Gasteiger partial charge on any atom is 0.349 e. The molecule has 0 atom stereocenters. The second-order valence-electron chi connectivity index (χ2n) is 7.39. The second-order valence-corrected chi connectivity index (χ2v) is 7.39. The van der Waals surface area contributed by atoms with Crippen LogP contribution < -0.4 is 20.4 Å². The number of fused-ring (bicyclic) bond motifs is 1. The fourth-order valence-corrected chi connectivity index (χ4v) is 2.91. The molecule has 7 nitrogen and oxygen atoms in total. The third-order valence-corrected chi connectivity index (χ3v) is 4.60. The highest BCUT2D eigenvalue weighted by Crippen LogP contribution is 2.22. The molecule has 1 aromatic heterocycles. The summed E-state index contributed by atoms with van der Waals surface area (Å²) in [6, 6.07) is 13.6. The fourth-order valence-electron chi connectivity index (χ4n) is 2.91. The van der Waals surface area contributed by atoms with Gasteiger partial charge in [-0.15, -0.1) is 0 Å². The van der Waals surface area contributed by atoms with Crippen molar-refractivity contribution in [2.45, 2.75) is 33.1 Å². The maximum atomic E-state index is 12.2.